The lowest BCUT2D eigenvalue weighted by Gasteiger charge is -2.24. The first-order valence-corrected chi connectivity index (χ1v) is 18.8. The minimum absolute atomic E-state index is 0.0227. The molecule has 0 fully saturated rings. The van der Waals surface area contributed by atoms with E-state index in [0.717, 1.165) is 36.8 Å². The molecule has 7 heteroatoms. The fraction of sp³-hybridized carbons (Fsp3) is 0.130. The average molecular weight is 825 g/mol. The fourth-order valence-electron chi connectivity index (χ4n) is 8.17. The molecule has 6 aromatic carbocycles. The topological polar surface area (TPSA) is 88.5 Å². The van der Waals surface area contributed by atoms with Gasteiger partial charge in [-0.25, -0.2) is 4.79 Å². The van der Waals surface area contributed by atoms with Crippen molar-refractivity contribution >= 4 is 55.2 Å². The maximum absolute atomic E-state index is 13.0. The first-order valence-electron chi connectivity index (χ1n) is 17.2. The first kappa shape index (κ1) is 34.8. The number of hydrogen-bond acceptors (Lipinski definition) is 4. The molecule has 5 nitrogen and oxygen atoms in total. The van der Waals surface area contributed by atoms with Crippen LogP contribution in [0.4, 0.5) is 0 Å². The quantitative estimate of drug-likeness (QED) is 0.179. The Balaban J connectivity index is 0.000000151. The number of carbonyl (C=O) groups is 4. The van der Waals surface area contributed by atoms with Gasteiger partial charge in [0, 0.05) is 53.2 Å². The van der Waals surface area contributed by atoms with Crippen molar-refractivity contribution in [2.75, 3.05) is 0 Å². The van der Waals surface area contributed by atoms with E-state index in [0.29, 0.717) is 27.8 Å². The summed E-state index contributed by atoms with van der Waals surface area (Å²) in [6.45, 7) is 8.62. The molecular formula is C46H32Br2O5. The summed E-state index contributed by atoms with van der Waals surface area (Å²) in [6, 6.07) is 35.4. The van der Waals surface area contributed by atoms with E-state index in [-0.39, 0.29) is 39.3 Å². The minimum Gasteiger partial charge on any atom is -0.478 e. The van der Waals surface area contributed by atoms with Crippen LogP contribution in [0.3, 0.4) is 0 Å². The Morgan fingerprint density at radius 1 is 0.472 bits per heavy atom. The molecule has 0 heterocycles. The van der Waals surface area contributed by atoms with E-state index >= 15 is 0 Å². The van der Waals surface area contributed by atoms with E-state index in [1.807, 2.05) is 36.4 Å². The van der Waals surface area contributed by atoms with E-state index in [2.05, 4.69) is 83.8 Å². The van der Waals surface area contributed by atoms with Gasteiger partial charge < -0.3 is 5.11 Å². The Morgan fingerprint density at radius 3 is 1.45 bits per heavy atom. The Hall–Kier alpha value is -5.24. The van der Waals surface area contributed by atoms with Gasteiger partial charge in [0.25, 0.3) is 0 Å². The molecule has 3 aliphatic rings. The van der Waals surface area contributed by atoms with Gasteiger partial charge in [-0.2, -0.15) is 0 Å². The largest absolute Gasteiger partial charge is 0.478 e. The van der Waals surface area contributed by atoms with E-state index in [9.17, 15) is 24.3 Å². The molecule has 0 unspecified atom stereocenters. The summed E-state index contributed by atoms with van der Waals surface area (Å²) >= 11 is 7.10. The van der Waals surface area contributed by atoms with Gasteiger partial charge in [-0.1, -0.05) is 126 Å². The molecule has 0 atom stereocenters. The number of halogens is 2. The van der Waals surface area contributed by atoms with Gasteiger partial charge in [0.15, 0.2) is 17.3 Å². The van der Waals surface area contributed by atoms with Crippen LogP contribution in [0.15, 0.2) is 124 Å². The van der Waals surface area contributed by atoms with Crippen LogP contribution in [0.2, 0.25) is 0 Å². The molecule has 0 aromatic heterocycles. The van der Waals surface area contributed by atoms with Crippen LogP contribution < -0.4 is 0 Å². The molecule has 0 amide bonds. The second kappa shape index (κ2) is 12.4. The summed E-state index contributed by atoms with van der Waals surface area (Å²) in [6.07, 6.45) is 0. The predicted octanol–water partition coefficient (Wildman–Crippen LogP) is 11.2. The number of ketones is 3. The van der Waals surface area contributed by atoms with E-state index < -0.39 is 5.97 Å². The number of rotatable bonds is 3. The normalized spacial score (nSPS) is 14.8. The molecule has 0 spiro atoms. The molecule has 0 saturated carbocycles. The van der Waals surface area contributed by atoms with Crippen LogP contribution in [0.5, 0.6) is 0 Å². The highest BCUT2D eigenvalue weighted by Crippen LogP contribution is 2.51. The van der Waals surface area contributed by atoms with Gasteiger partial charge in [-0.05, 0) is 93.0 Å². The van der Waals surface area contributed by atoms with Crippen LogP contribution in [0, 0.1) is 0 Å². The summed E-state index contributed by atoms with van der Waals surface area (Å²) < 4.78 is 2.05. The summed E-state index contributed by atoms with van der Waals surface area (Å²) in [5, 5.41) is 9.39. The number of hydrogen-bond donors (Lipinski definition) is 1. The van der Waals surface area contributed by atoms with Gasteiger partial charge in [-0.15, -0.1) is 0 Å². The molecular weight excluding hydrogens is 792 g/mol. The van der Waals surface area contributed by atoms with Crippen LogP contribution in [0.25, 0.3) is 22.3 Å². The lowest BCUT2D eigenvalue weighted by atomic mass is 9.78. The van der Waals surface area contributed by atoms with E-state index in [4.69, 9.17) is 0 Å². The second-order valence-corrected chi connectivity index (χ2v) is 16.5. The SMILES string of the molecule is CC1(C)c2cc(Br)ccc2-c2cc3c(cc21)C(=O)c1ccccc1C3=O.CC1(C)c2cc(Br)ccc2-c2ccc(C(=O)c3ccccc3C(=O)O)cc21. The highest BCUT2D eigenvalue weighted by atomic mass is 79.9. The number of aromatic carboxylic acids is 1. The van der Waals surface area contributed by atoms with Gasteiger partial charge in [-0.3, -0.25) is 14.4 Å². The fourth-order valence-corrected chi connectivity index (χ4v) is 8.89. The van der Waals surface area contributed by atoms with Crippen molar-refractivity contribution in [1.29, 1.82) is 0 Å². The highest BCUT2D eigenvalue weighted by Gasteiger charge is 2.40. The maximum Gasteiger partial charge on any atom is 0.336 e. The predicted molar refractivity (Wildman–Crippen MR) is 214 cm³/mol. The van der Waals surface area contributed by atoms with Gasteiger partial charge >= 0.3 is 5.97 Å². The van der Waals surface area contributed by atoms with Crippen LogP contribution in [-0.2, 0) is 10.8 Å². The molecule has 53 heavy (non-hydrogen) atoms. The minimum atomic E-state index is -1.10. The Bertz CT molecular complexity index is 2630. The first-order chi connectivity index (χ1) is 25.2. The maximum atomic E-state index is 13.0. The smallest absolute Gasteiger partial charge is 0.336 e. The van der Waals surface area contributed by atoms with E-state index in [1.54, 1.807) is 48.5 Å². The number of benzene rings is 6. The average Bonchev–Trinajstić information content (AvgIpc) is 3.51. The van der Waals surface area contributed by atoms with Crippen molar-refractivity contribution in [3.05, 3.63) is 185 Å². The molecule has 1 N–H and O–H groups in total. The molecule has 9 rings (SSSR count). The lowest BCUT2D eigenvalue weighted by molar-refractivity contribution is 0.0692. The summed E-state index contributed by atoms with van der Waals surface area (Å²) in [4.78, 5) is 50.6. The van der Waals surface area contributed by atoms with Crippen LogP contribution in [-0.4, -0.2) is 28.4 Å². The molecule has 0 bridgehead atoms. The van der Waals surface area contributed by atoms with Crippen molar-refractivity contribution in [3.8, 4) is 22.3 Å². The zero-order valence-corrected chi connectivity index (χ0v) is 32.5. The monoisotopic (exact) mass is 822 g/mol. The summed E-state index contributed by atoms with van der Waals surface area (Å²) in [5.74, 6) is -1.51. The Kier molecular flexibility index (Phi) is 8.17. The third-order valence-electron chi connectivity index (χ3n) is 11.0. The zero-order chi connectivity index (χ0) is 37.6. The van der Waals surface area contributed by atoms with Crippen LogP contribution >= 0.6 is 31.9 Å². The number of carboxylic acids is 1. The van der Waals surface area contributed by atoms with Gasteiger partial charge in [0.2, 0.25) is 0 Å². The number of carbonyl (C=O) groups excluding carboxylic acids is 3. The molecule has 0 radical (unpaired) electrons. The van der Waals surface area contributed by atoms with Crippen LogP contribution in [0.1, 0.15) is 108 Å². The molecule has 260 valence electrons. The zero-order valence-electron chi connectivity index (χ0n) is 29.3. The van der Waals surface area contributed by atoms with Crippen molar-refractivity contribution in [2.24, 2.45) is 0 Å². The molecule has 0 aliphatic heterocycles. The summed E-state index contributed by atoms with van der Waals surface area (Å²) in [5.41, 5.74) is 11.4. The Labute approximate surface area is 324 Å². The van der Waals surface area contributed by atoms with Crippen molar-refractivity contribution in [3.63, 3.8) is 0 Å². The van der Waals surface area contributed by atoms with Crippen molar-refractivity contribution in [1.82, 2.24) is 0 Å². The summed E-state index contributed by atoms with van der Waals surface area (Å²) in [7, 11) is 0. The lowest BCUT2D eigenvalue weighted by Crippen LogP contribution is -2.22. The third kappa shape index (κ3) is 5.40. The van der Waals surface area contributed by atoms with Crippen molar-refractivity contribution in [2.45, 2.75) is 38.5 Å². The number of carboxylic acid groups (broad SMARTS) is 1. The van der Waals surface area contributed by atoms with Gasteiger partial charge in [0.05, 0.1) is 5.56 Å². The second-order valence-electron chi connectivity index (χ2n) is 14.7. The van der Waals surface area contributed by atoms with E-state index in [1.165, 1.54) is 22.8 Å². The van der Waals surface area contributed by atoms with Crippen molar-refractivity contribution < 1.29 is 24.3 Å². The molecule has 6 aromatic rings. The molecule has 0 saturated heterocycles. The molecule has 3 aliphatic carbocycles. The van der Waals surface area contributed by atoms with Gasteiger partial charge in [0.1, 0.15) is 0 Å². The Morgan fingerprint density at radius 2 is 0.906 bits per heavy atom. The number of fused-ring (bicyclic) bond motifs is 8. The third-order valence-corrected chi connectivity index (χ3v) is 12.0. The highest BCUT2D eigenvalue weighted by molar-refractivity contribution is 9.10. The standard InChI is InChI=1S/C23H17BrO3.C23H15BrO2/c1-23(2)19-11-13(21(25)17-5-3-4-6-18(17)22(26)27)7-9-15(19)16-10-8-14(24)12-20(16)23;1-23(2)19-9-12(24)7-8-13(19)16-10-17-18(11-20(16)23)22(26)15-6-4-3-5-14(15)21(17)25/h3-12H,1-2H3,(H,26,27);3-11H,1-2H3.